The van der Waals surface area contributed by atoms with Crippen molar-refractivity contribution in [3.63, 3.8) is 0 Å². The smallest absolute Gasteiger partial charge is 0.255 e. The van der Waals surface area contributed by atoms with Crippen molar-refractivity contribution in [2.24, 2.45) is 7.05 Å². The molecule has 0 aliphatic carbocycles. The van der Waals surface area contributed by atoms with E-state index in [9.17, 15) is 9.59 Å². The van der Waals surface area contributed by atoms with Gasteiger partial charge in [-0.1, -0.05) is 28.1 Å². The van der Waals surface area contributed by atoms with Gasteiger partial charge in [0.1, 0.15) is 5.82 Å². The molecule has 1 aliphatic rings. The maximum Gasteiger partial charge on any atom is 0.255 e. The van der Waals surface area contributed by atoms with Gasteiger partial charge in [0.05, 0.1) is 11.8 Å². The molecule has 32 heavy (non-hydrogen) atoms. The van der Waals surface area contributed by atoms with Crippen molar-refractivity contribution in [2.45, 2.75) is 12.5 Å². The summed E-state index contributed by atoms with van der Waals surface area (Å²) in [6.45, 7) is 1.03. The number of rotatable bonds is 5. The fraction of sp³-hybridized carbons (Fsp3) is 0.217. The fourth-order valence-corrected chi connectivity index (χ4v) is 4.03. The summed E-state index contributed by atoms with van der Waals surface area (Å²) in [6.07, 6.45) is 9.20. The standard InChI is InChI=1S/C23H23BrN6O2/c1-29-13-17(12-27-29)16-10-20(22(25)26-11-16)23(32)28-19-7-8-30(14-19)21(31)6-5-15-3-2-4-18(24)9-15/h2-6,9-13,19H,7-8,14H2,1H3,(H2,25,26)(H,28,32)/b6-5+/t19-/m1/s1. The number of amides is 2. The lowest BCUT2D eigenvalue weighted by atomic mass is 10.1. The number of carbonyl (C=O) groups excluding carboxylic acids is 2. The van der Waals surface area contributed by atoms with Crippen molar-refractivity contribution in [2.75, 3.05) is 18.8 Å². The molecular formula is C23H23BrN6O2. The maximum atomic E-state index is 12.9. The van der Waals surface area contributed by atoms with E-state index in [0.29, 0.717) is 25.1 Å². The van der Waals surface area contributed by atoms with Gasteiger partial charge >= 0.3 is 0 Å². The molecule has 1 saturated heterocycles. The molecule has 3 N–H and O–H groups in total. The van der Waals surface area contributed by atoms with Crippen molar-refractivity contribution in [1.82, 2.24) is 25.0 Å². The third-order valence-corrected chi connectivity index (χ3v) is 5.80. The monoisotopic (exact) mass is 494 g/mol. The van der Waals surface area contributed by atoms with Crippen LogP contribution in [0.5, 0.6) is 0 Å². The topological polar surface area (TPSA) is 106 Å². The number of hydrogen-bond donors (Lipinski definition) is 2. The van der Waals surface area contributed by atoms with Gasteiger partial charge in [-0.15, -0.1) is 0 Å². The zero-order valence-electron chi connectivity index (χ0n) is 17.5. The van der Waals surface area contributed by atoms with E-state index < -0.39 is 0 Å². The van der Waals surface area contributed by atoms with Gasteiger partial charge in [0.25, 0.3) is 5.91 Å². The van der Waals surface area contributed by atoms with Crippen molar-refractivity contribution in [3.8, 4) is 11.1 Å². The van der Waals surface area contributed by atoms with Crippen molar-refractivity contribution in [3.05, 3.63) is 70.6 Å². The van der Waals surface area contributed by atoms with E-state index >= 15 is 0 Å². The maximum absolute atomic E-state index is 12.9. The minimum absolute atomic E-state index is 0.0820. The Bertz CT molecular complexity index is 1190. The van der Waals surface area contributed by atoms with E-state index in [2.05, 4.69) is 31.3 Å². The lowest BCUT2D eigenvalue weighted by Crippen LogP contribution is -2.38. The van der Waals surface area contributed by atoms with E-state index in [-0.39, 0.29) is 23.7 Å². The number of nitrogens with two attached hydrogens (primary N) is 1. The van der Waals surface area contributed by atoms with Crippen molar-refractivity contribution >= 4 is 39.6 Å². The van der Waals surface area contributed by atoms with Crippen LogP contribution in [0.1, 0.15) is 22.3 Å². The van der Waals surface area contributed by atoms with Crippen LogP contribution in [0.3, 0.4) is 0 Å². The van der Waals surface area contributed by atoms with E-state index in [1.165, 1.54) is 0 Å². The summed E-state index contributed by atoms with van der Waals surface area (Å²) in [6, 6.07) is 9.29. The first-order valence-corrected chi connectivity index (χ1v) is 11.0. The minimum Gasteiger partial charge on any atom is -0.383 e. The van der Waals surface area contributed by atoms with Gasteiger partial charge in [-0.25, -0.2) is 4.98 Å². The van der Waals surface area contributed by atoms with E-state index in [0.717, 1.165) is 21.2 Å². The first-order valence-electron chi connectivity index (χ1n) is 10.2. The molecule has 1 aromatic carbocycles. The molecule has 3 aromatic rings. The Labute approximate surface area is 194 Å². The highest BCUT2D eigenvalue weighted by Gasteiger charge is 2.27. The molecule has 2 aromatic heterocycles. The molecule has 8 nitrogen and oxygen atoms in total. The van der Waals surface area contributed by atoms with E-state index in [1.54, 1.807) is 40.2 Å². The Hall–Kier alpha value is -3.46. The van der Waals surface area contributed by atoms with E-state index in [4.69, 9.17) is 5.73 Å². The van der Waals surface area contributed by atoms with Gasteiger partial charge in [0, 0.05) is 60.2 Å². The average molecular weight is 495 g/mol. The number of halogens is 1. The fourth-order valence-electron chi connectivity index (χ4n) is 3.61. The molecule has 0 saturated carbocycles. The average Bonchev–Trinajstić information content (AvgIpc) is 3.41. The molecule has 9 heteroatoms. The number of aryl methyl sites for hydroxylation is 1. The molecule has 1 aliphatic heterocycles. The number of nitrogens with one attached hydrogen (secondary N) is 1. The predicted octanol–water partition coefficient (Wildman–Crippen LogP) is 2.87. The highest BCUT2D eigenvalue weighted by atomic mass is 79.9. The van der Waals surface area contributed by atoms with Gasteiger partial charge < -0.3 is 16.0 Å². The summed E-state index contributed by atoms with van der Waals surface area (Å²) in [4.78, 5) is 31.3. The van der Waals surface area contributed by atoms with Gasteiger partial charge in [-0.2, -0.15) is 5.10 Å². The van der Waals surface area contributed by atoms with Gasteiger partial charge in [-0.3, -0.25) is 14.3 Å². The van der Waals surface area contributed by atoms with Crippen LogP contribution in [-0.4, -0.2) is 50.6 Å². The first kappa shape index (κ1) is 21.8. The number of hydrogen-bond acceptors (Lipinski definition) is 5. The zero-order valence-corrected chi connectivity index (χ0v) is 19.1. The Morgan fingerprint density at radius 2 is 2.09 bits per heavy atom. The quantitative estimate of drug-likeness (QED) is 0.530. The number of benzene rings is 1. The van der Waals surface area contributed by atoms with Crippen LogP contribution in [0.4, 0.5) is 5.82 Å². The zero-order chi connectivity index (χ0) is 22.7. The normalized spacial score (nSPS) is 15.9. The largest absolute Gasteiger partial charge is 0.383 e. The number of aromatic nitrogens is 3. The van der Waals surface area contributed by atoms with Crippen LogP contribution >= 0.6 is 15.9 Å². The third kappa shape index (κ3) is 5.05. The molecule has 3 heterocycles. The van der Waals surface area contributed by atoms with Crippen LogP contribution in [-0.2, 0) is 11.8 Å². The van der Waals surface area contributed by atoms with Crippen LogP contribution in [0, 0.1) is 0 Å². The summed E-state index contributed by atoms with van der Waals surface area (Å²) >= 11 is 3.42. The summed E-state index contributed by atoms with van der Waals surface area (Å²) in [5.41, 5.74) is 8.82. The Balaban J connectivity index is 1.38. The lowest BCUT2D eigenvalue weighted by molar-refractivity contribution is -0.125. The second-order valence-electron chi connectivity index (χ2n) is 7.69. The van der Waals surface area contributed by atoms with Gasteiger partial charge in [0.15, 0.2) is 0 Å². The molecule has 2 amide bonds. The molecule has 164 valence electrons. The molecular weight excluding hydrogens is 472 g/mol. The second-order valence-corrected chi connectivity index (χ2v) is 8.61. The molecule has 4 rings (SSSR count). The molecule has 0 bridgehead atoms. The number of likely N-dealkylation sites (tertiary alicyclic amines) is 1. The highest BCUT2D eigenvalue weighted by Crippen LogP contribution is 2.22. The Kier molecular flexibility index (Phi) is 6.36. The number of nitrogens with zero attached hydrogens (tertiary/aromatic N) is 4. The summed E-state index contributed by atoms with van der Waals surface area (Å²) in [7, 11) is 1.82. The van der Waals surface area contributed by atoms with Crippen molar-refractivity contribution < 1.29 is 9.59 Å². The predicted molar refractivity (Wildman–Crippen MR) is 126 cm³/mol. The molecule has 0 radical (unpaired) electrons. The first-order chi connectivity index (χ1) is 15.4. The highest BCUT2D eigenvalue weighted by molar-refractivity contribution is 9.10. The minimum atomic E-state index is -0.301. The summed E-state index contributed by atoms with van der Waals surface area (Å²) < 4.78 is 2.64. The number of pyridine rings is 1. The third-order valence-electron chi connectivity index (χ3n) is 5.30. The second kappa shape index (κ2) is 9.35. The Morgan fingerprint density at radius 3 is 2.84 bits per heavy atom. The summed E-state index contributed by atoms with van der Waals surface area (Å²) in [5, 5.41) is 7.13. The van der Waals surface area contributed by atoms with E-state index in [1.807, 2.05) is 37.5 Å². The van der Waals surface area contributed by atoms with Crippen LogP contribution in [0.2, 0.25) is 0 Å². The van der Waals surface area contributed by atoms with Crippen LogP contribution in [0.25, 0.3) is 17.2 Å². The number of carbonyl (C=O) groups is 2. The Morgan fingerprint density at radius 1 is 1.25 bits per heavy atom. The molecule has 0 spiro atoms. The number of anilines is 1. The molecule has 1 atom stereocenters. The SMILES string of the molecule is Cn1cc(-c2cnc(N)c(C(=O)N[C@@H]3CCN(C(=O)/C=C/c4cccc(Br)c4)C3)c2)cn1. The number of nitrogen functional groups attached to an aromatic ring is 1. The summed E-state index contributed by atoms with van der Waals surface area (Å²) in [5.74, 6) is -0.218. The van der Waals surface area contributed by atoms with Gasteiger partial charge in [0.2, 0.25) is 5.91 Å². The van der Waals surface area contributed by atoms with Crippen LogP contribution < -0.4 is 11.1 Å². The van der Waals surface area contributed by atoms with Crippen LogP contribution in [0.15, 0.2) is 59.5 Å². The molecule has 1 fully saturated rings. The lowest BCUT2D eigenvalue weighted by Gasteiger charge is -2.16. The van der Waals surface area contributed by atoms with Gasteiger partial charge in [-0.05, 0) is 36.3 Å². The van der Waals surface area contributed by atoms with Crippen molar-refractivity contribution in [1.29, 1.82) is 0 Å². The molecule has 0 unspecified atom stereocenters.